The summed E-state index contributed by atoms with van der Waals surface area (Å²) in [4.78, 5) is 12.7. The number of carbonyl (C=O) groups is 1. The maximum absolute atomic E-state index is 12.7. The summed E-state index contributed by atoms with van der Waals surface area (Å²) in [5.41, 5.74) is 1.73. The van der Waals surface area contributed by atoms with Gasteiger partial charge in [-0.05, 0) is 26.8 Å². The summed E-state index contributed by atoms with van der Waals surface area (Å²) in [5, 5.41) is 0.315. The third-order valence-corrected chi connectivity index (χ3v) is 3.82. The summed E-state index contributed by atoms with van der Waals surface area (Å²) < 4.78 is 15.9. The van der Waals surface area contributed by atoms with E-state index in [2.05, 4.69) is 0 Å². The van der Waals surface area contributed by atoms with E-state index >= 15 is 0 Å². The highest BCUT2D eigenvalue weighted by molar-refractivity contribution is 6.35. The Morgan fingerprint density at radius 2 is 1.62 bits per heavy atom. The molecule has 1 aromatic carbocycles. The number of methoxy groups -OCH3 is 2. The number of ketones is 1. The number of furan rings is 1. The van der Waals surface area contributed by atoms with Gasteiger partial charge in [-0.2, -0.15) is 0 Å². The standard InChI is InChI=1S/C16H17ClO4/c1-8-9(2)21-10(3)15(8)16(18)11-6-13(19-4)14(20-5)7-12(11)17/h6-7H,1-5H3. The molecular formula is C16H17ClO4. The largest absolute Gasteiger partial charge is 0.493 e. The van der Waals surface area contributed by atoms with Crippen molar-refractivity contribution < 1.29 is 18.7 Å². The van der Waals surface area contributed by atoms with Crippen molar-refractivity contribution in [2.45, 2.75) is 20.8 Å². The molecule has 1 heterocycles. The summed E-state index contributed by atoms with van der Waals surface area (Å²) in [6.07, 6.45) is 0. The predicted octanol–water partition coefficient (Wildman–Crippen LogP) is 4.11. The number of ether oxygens (including phenoxy) is 2. The molecule has 0 aliphatic rings. The average molecular weight is 309 g/mol. The van der Waals surface area contributed by atoms with Gasteiger partial charge in [-0.1, -0.05) is 11.6 Å². The van der Waals surface area contributed by atoms with Gasteiger partial charge in [0, 0.05) is 17.2 Å². The molecule has 4 nitrogen and oxygen atoms in total. The van der Waals surface area contributed by atoms with Crippen LogP contribution < -0.4 is 9.47 Å². The Bertz CT molecular complexity index is 701. The molecule has 0 aliphatic carbocycles. The van der Waals surface area contributed by atoms with Gasteiger partial charge < -0.3 is 13.9 Å². The molecule has 0 spiro atoms. The lowest BCUT2D eigenvalue weighted by molar-refractivity contribution is 0.103. The zero-order chi connectivity index (χ0) is 15.7. The van der Waals surface area contributed by atoms with E-state index in [-0.39, 0.29) is 5.78 Å². The lowest BCUT2D eigenvalue weighted by Crippen LogP contribution is -2.06. The van der Waals surface area contributed by atoms with Crippen molar-refractivity contribution in [3.05, 3.63) is 45.4 Å². The van der Waals surface area contributed by atoms with Crippen LogP contribution in [-0.4, -0.2) is 20.0 Å². The van der Waals surface area contributed by atoms with E-state index in [1.165, 1.54) is 14.2 Å². The van der Waals surface area contributed by atoms with Gasteiger partial charge in [-0.25, -0.2) is 0 Å². The molecule has 0 amide bonds. The van der Waals surface area contributed by atoms with Crippen molar-refractivity contribution in [1.29, 1.82) is 0 Å². The van der Waals surface area contributed by atoms with E-state index in [0.717, 1.165) is 11.3 Å². The normalized spacial score (nSPS) is 10.6. The predicted molar refractivity (Wildman–Crippen MR) is 80.9 cm³/mol. The topological polar surface area (TPSA) is 48.7 Å². The molecule has 0 fully saturated rings. The minimum absolute atomic E-state index is 0.187. The first-order valence-corrected chi connectivity index (χ1v) is 6.81. The Labute approximate surface area is 128 Å². The summed E-state index contributed by atoms with van der Waals surface area (Å²) in [6.45, 7) is 5.45. The number of hydrogen-bond acceptors (Lipinski definition) is 4. The van der Waals surface area contributed by atoms with E-state index in [1.807, 2.05) is 13.8 Å². The Morgan fingerprint density at radius 3 is 2.10 bits per heavy atom. The van der Waals surface area contributed by atoms with Crippen LogP contribution in [0.2, 0.25) is 5.02 Å². The minimum atomic E-state index is -0.187. The van der Waals surface area contributed by atoms with E-state index in [0.29, 0.717) is 33.4 Å². The second-order valence-electron chi connectivity index (χ2n) is 4.73. The lowest BCUT2D eigenvalue weighted by atomic mass is 9.99. The van der Waals surface area contributed by atoms with Gasteiger partial charge in [0.25, 0.3) is 0 Å². The molecule has 2 rings (SSSR count). The highest BCUT2D eigenvalue weighted by Gasteiger charge is 2.23. The molecule has 0 bridgehead atoms. The first-order chi connectivity index (χ1) is 9.90. The van der Waals surface area contributed by atoms with Crippen LogP contribution >= 0.6 is 11.6 Å². The van der Waals surface area contributed by atoms with Gasteiger partial charge in [0.1, 0.15) is 11.5 Å². The summed E-state index contributed by atoms with van der Waals surface area (Å²) in [6, 6.07) is 3.16. The van der Waals surface area contributed by atoms with Crippen LogP contribution in [-0.2, 0) is 0 Å². The molecule has 0 radical (unpaired) electrons. The Balaban J connectivity index is 2.58. The van der Waals surface area contributed by atoms with Crippen LogP contribution in [0, 0.1) is 20.8 Å². The fraction of sp³-hybridized carbons (Fsp3) is 0.312. The molecule has 0 saturated carbocycles. The van der Waals surface area contributed by atoms with Gasteiger partial charge in [-0.15, -0.1) is 0 Å². The third-order valence-electron chi connectivity index (χ3n) is 3.51. The maximum atomic E-state index is 12.7. The van der Waals surface area contributed by atoms with Crippen LogP contribution in [0.15, 0.2) is 16.5 Å². The molecule has 1 aromatic heterocycles. The van der Waals surface area contributed by atoms with Gasteiger partial charge in [0.15, 0.2) is 17.3 Å². The van der Waals surface area contributed by atoms with E-state index < -0.39 is 0 Å². The fourth-order valence-corrected chi connectivity index (χ4v) is 2.53. The van der Waals surface area contributed by atoms with Crippen molar-refractivity contribution in [2.24, 2.45) is 0 Å². The number of carbonyl (C=O) groups excluding carboxylic acids is 1. The highest BCUT2D eigenvalue weighted by Crippen LogP contribution is 2.35. The van der Waals surface area contributed by atoms with Crippen molar-refractivity contribution in [2.75, 3.05) is 14.2 Å². The minimum Gasteiger partial charge on any atom is -0.493 e. The number of benzene rings is 1. The summed E-state index contributed by atoms with van der Waals surface area (Å²) >= 11 is 6.21. The smallest absolute Gasteiger partial charge is 0.198 e. The van der Waals surface area contributed by atoms with Gasteiger partial charge in [0.05, 0.1) is 24.8 Å². The lowest BCUT2D eigenvalue weighted by Gasteiger charge is -2.11. The monoisotopic (exact) mass is 308 g/mol. The summed E-state index contributed by atoms with van der Waals surface area (Å²) in [5.74, 6) is 2.07. The van der Waals surface area contributed by atoms with E-state index in [1.54, 1.807) is 19.1 Å². The summed E-state index contributed by atoms with van der Waals surface area (Å²) in [7, 11) is 3.03. The van der Waals surface area contributed by atoms with E-state index in [4.69, 9.17) is 25.5 Å². The number of hydrogen-bond donors (Lipinski definition) is 0. The van der Waals surface area contributed by atoms with Gasteiger partial charge >= 0.3 is 0 Å². The van der Waals surface area contributed by atoms with E-state index in [9.17, 15) is 4.79 Å². The second-order valence-corrected chi connectivity index (χ2v) is 5.14. The van der Waals surface area contributed by atoms with Crippen molar-refractivity contribution in [1.82, 2.24) is 0 Å². The molecule has 0 N–H and O–H groups in total. The Hall–Kier alpha value is -1.94. The molecular weight excluding hydrogens is 292 g/mol. The van der Waals surface area contributed by atoms with Crippen LogP contribution in [0.3, 0.4) is 0 Å². The first kappa shape index (κ1) is 15.4. The Kier molecular flexibility index (Phi) is 4.28. The highest BCUT2D eigenvalue weighted by atomic mass is 35.5. The van der Waals surface area contributed by atoms with Crippen molar-refractivity contribution in [3.8, 4) is 11.5 Å². The quantitative estimate of drug-likeness (QED) is 0.798. The molecule has 112 valence electrons. The van der Waals surface area contributed by atoms with Crippen LogP contribution in [0.4, 0.5) is 0 Å². The molecule has 0 aliphatic heterocycles. The molecule has 5 heteroatoms. The van der Waals surface area contributed by atoms with Gasteiger partial charge in [-0.3, -0.25) is 4.79 Å². The number of rotatable bonds is 4. The zero-order valence-electron chi connectivity index (χ0n) is 12.7. The van der Waals surface area contributed by atoms with Crippen LogP contribution in [0.1, 0.15) is 33.0 Å². The fourth-order valence-electron chi connectivity index (χ4n) is 2.29. The molecule has 2 aromatic rings. The molecule has 0 atom stereocenters. The second kappa shape index (κ2) is 5.82. The number of halogens is 1. The average Bonchev–Trinajstić information content (AvgIpc) is 2.71. The molecule has 0 saturated heterocycles. The van der Waals surface area contributed by atoms with Crippen LogP contribution in [0.5, 0.6) is 11.5 Å². The van der Waals surface area contributed by atoms with Crippen molar-refractivity contribution >= 4 is 17.4 Å². The molecule has 0 unspecified atom stereocenters. The first-order valence-electron chi connectivity index (χ1n) is 6.43. The van der Waals surface area contributed by atoms with Crippen molar-refractivity contribution in [3.63, 3.8) is 0 Å². The molecule has 21 heavy (non-hydrogen) atoms. The maximum Gasteiger partial charge on any atom is 0.198 e. The SMILES string of the molecule is COc1cc(Cl)c(C(=O)c2c(C)oc(C)c2C)cc1OC. The van der Waals surface area contributed by atoms with Crippen LogP contribution in [0.25, 0.3) is 0 Å². The van der Waals surface area contributed by atoms with Gasteiger partial charge in [0.2, 0.25) is 0 Å². The Morgan fingerprint density at radius 1 is 1.05 bits per heavy atom. The zero-order valence-corrected chi connectivity index (χ0v) is 13.4. The third kappa shape index (κ3) is 2.63. The number of aryl methyl sites for hydroxylation is 2.